The Hall–Kier alpha value is -2.09. The van der Waals surface area contributed by atoms with Crippen molar-refractivity contribution in [3.63, 3.8) is 0 Å². The third-order valence-corrected chi connectivity index (χ3v) is 4.75. The van der Waals surface area contributed by atoms with E-state index in [1.54, 1.807) is 0 Å². The van der Waals surface area contributed by atoms with Crippen LogP contribution in [0.3, 0.4) is 0 Å². The minimum atomic E-state index is -0.226. The van der Waals surface area contributed by atoms with Crippen LogP contribution < -0.4 is 0 Å². The van der Waals surface area contributed by atoms with Gasteiger partial charge in [-0.15, -0.1) is 0 Å². The van der Waals surface area contributed by atoms with Gasteiger partial charge in [-0.2, -0.15) is 0 Å². The van der Waals surface area contributed by atoms with Crippen molar-refractivity contribution in [1.82, 2.24) is 0 Å². The average Bonchev–Trinajstić information content (AvgIpc) is 2.67. The van der Waals surface area contributed by atoms with E-state index in [0.717, 1.165) is 24.8 Å². The van der Waals surface area contributed by atoms with Gasteiger partial charge in [0.25, 0.3) is 0 Å². The molecule has 2 aromatic rings. The summed E-state index contributed by atoms with van der Waals surface area (Å²) >= 11 is 0. The Morgan fingerprint density at radius 2 is 1.42 bits per heavy atom. The van der Waals surface area contributed by atoms with Gasteiger partial charge in [0.1, 0.15) is 0 Å². The summed E-state index contributed by atoms with van der Waals surface area (Å²) in [6, 6.07) is 16.4. The van der Waals surface area contributed by atoms with Crippen LogP contribution in [0.4, 0.5) is 0 Å². The zero-order valence-corrected chi connectivity index (χ0v) is 16.5. The lowest BCUT2D eigenvalue weighted by atomic mass is 10.0. The number of hydrogen-bond donors (Lipinski definition) is 0. The molecule has 0 fully saturated rings. The third-order valence-electron chi connectivity index (χ3n) is 4.75. The monoisotopic (exact) mass is 352 g/mol. The Balaban J connectivity index is 1.93. The molecule has 0 amide bonds. The van der Waals surface area contributed by atoms with E-state index in [4.69, 9.17) is 4.74 Å². The molecule has 0 aliphatic carbocycles. The van der Waals surface area contributed by atoms with Gasteiger partial charge in [-0.25, -0.2) is 4.79 Å². The van der Waals surface area contributed by atoms with Gasteiger partial charge in [0.15, 0.2) is 0 Å². The Morgan fingerprint density at radius 1 is 0.846 bits per heavy atom. The van der Waals surface area contributed by atoms with Crippen molar-refractivity contribution >= 4 is 5.97 Å². The van der Waals surface area contributed by atoms with E-state index >= 15 is 0 Å². The Labute approximate surface area is 158 Å². The maximum atomic E-state index is 12.3. The third kappa shape index (κ3) is 6.33. The fraction of sp³-hybridized carbons (Fsp3) is 0.458. The van der Waals surface area contributed by atoms with E-state index in [0.29, 0.717) is 5.56 Å². The molecule has 0 N–H and O–H groups in total. The molecule has 2 aromatic carbocycles. The highest BCUT2D eigenvalue weighted by Crippen LogP contribution is 2.21. The largest absolute Gasteiger partial charge is 0.459 e. The van der Waals surface area contributed by atoms with Crippen molar-refractivity contribution in [2.75, 3.05) is 0 Å². The summed E-state index contributed by atoms with van der Waals surface area (Å²) in [7, 11) is 0. The molecule has 1 unspecified atom stereocenters. The van der Waals surface area contributed by atoms with Crippen LogP contribution in [0.15, 0.2) is 48.5 Å². The molecule has 0 aliphatic heterocycles. The van der Waals surface area contributed by atoms with Crippen LogP contribution in [0.25, 0.3) is 11.1 Å². The molecule has 2 rings (SSSR count). The molecule has 0 bridgehead atoms. The second-order valence-electron chi connectivity index (χ2n) is 7.09. The normalized spacial score (nSPS) is 12.0. The molecule has 2 heteroatoms. The zero-order valence-electron chi connectivity index (χ0n) is 16.5. The van der Waals surface area contributed by atoms with E-state index in [1.165, 1.54) is 36.8 Å². The summed E-state index contributed by atoms with van der Waals surface area (Å²) < 4.78 is 5.54. The lowest BCUT2D eigenvalue weighted by molar-refractivity contribution is 0.0319. The number of carbonyl (C=O) groups is 1. The summed E-state index contributed by atoms with van der Waals surface area (Å²) in [5.74, 6) is -0.226. The van der Waals surface area contributed by atoms with Crippen LogP contribution in [0.1, 0.15) is 75.2 Å². The van der Waals surface area contributed by atoms with Crippen LogP contribution in [-0.4, -0.2) is 12.1 Å². The minimum absolute atomic E-state index is 0.0237. The molecule has 26 heavy (non-hydrogen) atoms. The van der Waals surface area contributed by atoms with E-state index < -0.39 is 0 Å². The highest BCUT2D eigenvalue weighted by Gasteiger charge is 2.12. The molecular weight excluding hydrogens is 320 g/mol. The smallest absolute Gasteiger partial charge is 0.338 e. The second kappa shape index (κ2) is 10.8. The summed E-state index contributed by atoms with van der Waals surface area (Å²) in [4.78, 5) is 12.3. The summed E-state index contributed by atoms with van der Waals surface area (Å²) in [6.45, 7) is 6.37. The Kier molecular flexibility index (Phi) is 8.40. The van der Waals surface area contributed by atoms with E-state index in [9.17, 15) is 4.79 Å². The highest BCUT2D eigenvalue weighted by atomic mass is 16.5. The summed E-state index contributed by atoms with van der Waals surface area (Å²) in [5.41, 5.74) is 4.31. The maximum Gasteiger partial charge on any atom is 0.338 e. The lowest BCUT2D eigenvalue weighted by Gasteiger charge is -2.13. The van der Waals surface area contributed by atoms with Gasteiger partial charge < -0.3 is 4.74 Å². The molecule has 0 aliphatic rings. The second-order valence-corrected chi connectivity index (χ2v) is 7.09. The van der Waals surface area contributed by atoms with Crippen molar-refractivity contribution < 1.29 is 9.53 Å². The van der Waals surface area contributed by atoms with Gasteiger partial charge in [0, 0.05) is 0 Å². The first-order chi connectivity index (χ1) is 12.6. The van der Waals surface area contributed by atoms with E-state index in [-0.39, 0.29) is 12.1 Å². The van der Waals surface area contributed by atoms with Gasteiger partial charge in [0.2, 0.25) is 0 Å². The lowest BCUT2D eigenvalue weighted by Crippen LogP contribution is -2.14. The fourth-order valence-electron chi connectivity index (χ4n) is 3.04. The van der Waals surface area contributed by atoms with Crippen molar-refractivity contribution in [2.24, 2.45) is 0 Å². The SMILES string of the molecule is CCCCCC(C)OC(=O)c1ccc(-c2ccc(CCCC)cc2)cc1. The van der Waals surface area contributed by atoms with Crippen molar-refractivity contribution in [1.29, 1.82) is 0 Å². The Morgan fingerprint density at radius 3 is 2.00 bits per heavy atom. The first-order valence-corrected chi connectivity index (χ1v) is 10.0. The van der Waals surface area contributed by atoms with E-state index in [1.807, 2.05) is 31.2 Å². The van der Waals surface area contributed by atoms with Gasteiger partial charge in [-0.1, -0.05) is 69.5 Å². The van der Waals surface area contributed by atoms with Crippen LogP contribution in [0.2, 0.25) is 0 Å². The highest BCUT2D eigenvalue weighted by molar-refractivity contribution is 5.90. The molecule has 0 heterocycles. The minimum Gasteiger partial charge on any atom is -0.459 e. The number of benzene rings is 2. The number of rotatable bonds is 10. The van der Waals surface area contributed by atoms with Crippen LogP contribution >= 0.6 is 0 Å². The van der Waals surface area contributed by atoms with E-state index in [2.05, 4.69) is 38.1 Å². The first-order valence-electron chi connectivity index (χ1n) is 10.0. The average molecular weight is 353 g/mol. The summed E-state index contributed by atoms with van der Waals surface area (Å²) in [6.07, 6.45) is 7.97. The summed E-state index contributed by atoms with van der Waals surface area (Å²) in [5, 5.41) is 0. The van der Waals surface area contributed by atoms with Crippen LogP contribution in [0, 0.1) is 0 Å². The number of esters is 1. The van der Waals surface area contributed by atoms with Gasteiger partial charge in [-0.05, 0) is 61.4 Å². The molecule has 0 spiro atoms. The van der Waals surface area contributed by atoms with Crippen molar-refractivity contribution in [2.45, 2.75) is 71.8 Å². The number of unbranched alkanes of at least 4 members (excludes halogenated alkanes) is 3. The molecule has 0 saturated heterocycles. The van der Waals surface area contributed by atoms with Gasteiger partial charge in [0.05, 0.1) is 11.7 Å². The molecular formula is C24H32O2. The topological polar surface area (TPSA) is 26.3 Å². The molecule has 2 nitrogen and oxygen atoms in total. The molecule has 0 saturated carbocycles. The number of aryl methyl sites for hydroxylation is 1. The van der Waals surface area contributed by atoms with Crippen LogP contribution in [0.5, 0.6) is 0 Å². The Bertz CT molecular complexity index is 656. The maximum absolute atomic E-state index is 12.3. The number of carbonyl (C=O) groups excluding carboxylic acids is 1. The van der Waals surface area contributed by atoms with Crippen molar-refractivity contribution in [3.8, 4) is 11.1 Å². The fourth-order valence-corrected chi connectivity index (χ4v) is 3.04. The molecule has 1 atom stereocenters. The van der Waals surface area contributed by atoms with Gasteiger partial charge in [-0.3, -0.25) is 0 Å². The molecule has 0 radical (unpaired) electrons. The van der Waals surface area contributed by atoms with Gasteiger partial charge >= 0.3 is 5.97 Å². The predicted octanol–water partition coefficient (Wildman–Crippen LogP) is 6.82. The number of ether oxygens (including phenoxy) is 1. The number of hydrogen-bond acceptors (Lipinski definition) is 2. The quantitative estimate of drug-likeness (QED) is 0.346. The zero-order chi connectivity index (χ0) is 18.8. The standard InChI is InChI=1S/C24H32O2/c1-4-6-8-9-19(3)26-24(25)23-17-15-22(16-18-23)21-13-11-20(12-14-21)10-7-5-2/h11-19H,4-10H2,1-3H3. The van der Waals surface area contributed by atoms with Crippen molar-refractivity contribution in [3.05, 3.63) is 59.7 Å². The molecule has 0 aromatic heterocycles. The predicted molar refractivity (Wildman–Crippen MR) is 110 cm³/mol. The van der Waals surface area contributed by atoms with Crippen LogP contribution in [-0.2, 0) is 11.2 Å². The first kappa shape index (κ1) is 20.2. The molecule has 140 valence electrons.